The van der Waals surface area contributed by atoms with Gasteiger partial charge in [-0.25, -0.2) is 0 Å². The average molecular weight is 395 g/mol. The molecule has 0 spiro atoms. The third-order valence-corrected chi connectivity index (χ3v) is 5.19. The summed E-state index contributed by atoms with van der Waals surface area (Å²) in [6.45, 7) is 8.80. The lowest BCUT2D eigenvalue weighted by Crippen LogP contribution is -2.01. The molecule has 0 aliphatic carbocycles. The molecule has 0 saturated heterocycles. The van der Waals surface area contributed by atoms with Crippen LogP contribution in [0.3, 0.4) is 0 Å². The molecule has 0 aliphatic heterocycles. The first-order chi connectivity index (χ1) is 14.8. The maximum Gasteiger partial charge on any atom is 0.127 e. The van der Waals surface area contributed by atoms with Crippen LogP contribution in [-0.2, 0) is 0 Å². The monoisotopic (exact) mass is 394 g/mol. The predicted molar refractivity (Wildman–Crippen MR) is 128 cm³/mol. The van der Waals surface area contributed by atoms with Gasteiger partial charge >= 0.3 is 0 Å². The van der Waals surface area contributed by atoms with Crippen LogP contribution in [0.4, 0.5) is 0 Å². The molecule has 0 aliphatic rings. The lowest BCUT2D eigenvalue weighted by molar-refractivity contribution is 0.322. The lowest BCUT2D eigenvalue weighted by atomic mass is 9.92. The Bertz CT molecular complexity index is 1090. The van der Waals surface area contributed by atoms with Crippen molar-refractivity contribution in [3.63, 3.8) is 0 Å². The molecule has 0 heterocycles. The van der Waals surface area contributed by atoms with Crippen molar-refractivity contribution in [2.45, 2.75) is 12.8 Å². The molecule has 0 saturated carbocycles. The summed E-state index contributed by atoms with van der Waals surface area (Å²) in [7, 11) is 0. The standard InChI is InChI=1S/C28H26O2/c1-3-5-19-29-25-17-15-21-11-7-9-13-23(21)27(25)28-24-14-10-8-12-22(24)16-18-26(28)30-20-6-4-2/h3-4,7-18H,1-2,5-6,19-20H2. The van der Waals surface area contributed by atoms with E-state index in [1.165, 1.54) is 10.8 Å². The molecule has 30 heavy (non-hydrogen) atoms. The number of benzene rings is 4. The molecule has 0 aromatic heterocycles. The summed E-state index contributed by atoms with van der Waals surface area (Å²) >= 11 is 0. The molecule has 2 nitrogen and oxygen atoms in total. The van der Waals surface area contributed by atoms with E-state index in [1.807, 2.05) is 12.2 Å². The van der Waals surface area contributed by atoms with Gasteiger partial charge in [-0.05, 0) is 46.5 Å². The summed E-state index contributed by atoms with van der Waals surface area (Å²) in [4.78, 5) is 0. The van der Waals surface area contributed by atoms with Crippen LogP contribution in [0.25, 0.3) is 32.7 Å². The Morgan fingerprint density at radius 3 is 1.43 bits per heavy atom. The van der Waals surface area contributed by atoms with Crippen LogP contribution in [0.1, 0.15) is 12.8 Å². The maximum absolute atomic E-state index is 6.23. The van der Waals surface area contributed by atoms with Gasteiger partial charge in [0.05, 0.1) is 13.2 Å². The minimum atomic E-state index is 0.590. The molecule has 0 amide bonds. The first-order valence-corrected chi connectivity index (χ1v) is 10.3. The van der Waals surface area contributed by atoms with Crippen molar-refractivity contribution in [3.05, 3.63) is 98.1 Å². The maximum atomic E-state index is 6.23. The molecule has 150 valence electrons. The molecule has 2 heteroatoms. The van der Waals surface area contributed by atoms with Crippen molar-refractivity contribution in [1.82, 2.24) is 0 Å². The van der Waals surface area contributed by atoms with Gasteiger partial charge in [-0.15, -0.1) is 13.2 Å². The van der Waals surface area contributed by atoms with Gasteiger partial charge in [0, 0.05) is 11.1 Å². The Hall–Kier alpha value is -3.52. The van der Waals surface area contributed by atoms with E-state index >= 15 is 0 Å². The Kier molecular flexibility index (Phi) is 6.14. The molecule has 0 radical (unpaired) electrons. The fourth-order valence-electron chi connectivity index (χ4n) is 3.76. The van der Waals surface area contributed by atoms with Crippen LogP contribution in [0.5, 0.6) is 11.5 Å². The van der Waals surface area contributed by atoms with Crippen LogP contribution < -0.4 is 9.47 Å². The van der Waals surface area contributed by atoms with E-state index in [4.69, 9.17) is 9.47 Å². The van der Waals surface area contributed by atoms with Crippen molar-refractivity contribution in [2.75, 3.05) is 13.2 Å². The second-order valence-corrected chi connectivity index (χ2v) is 7.17. The first kappa shape index (κ1) is 19.8. The van der Waals surface area contributed by atoms with E-state index in [-0.39, 0.29) is 0 Å². The SMILES string of the molecule is C=CCCOc1ccc2ccccc2c1-c1c(OCCC=C)ccc2ccccc12. The normalized spacial score (nSPS) is 10.8. The second-order valence-electron chi connectivity index (χ2n) is 7.17. The molecule has 4 rings (SSSR count). The zero-order valence-corrected chi connectivity index (χ0v) is 17.1. The molecule has 0 fully saturated rings. The summed E-state index contributed by atoms with van der Waals surface area (Å²) < 4.78 is 12.5. The van der Waals surface area contributed by atoms with Gasteiger partial charge in [0.2, 0.25) is 0 Å². The molecule has 0 N–H and O–H groups in total. The Balaban J connectivity index is 1.99. The lowest BCUT2D eigenvalue weighted by Gasteiger charge is -2.19. The van der Waals surface area contributed by atoms with E-state index in [0.717, 1.165) is 46.2 Å². The summed E-state index contributed by atoms with van der Waals surface area (Å²) in [5, 5.41) is 4.65. The third kappa shape index (κ3) is 3.95. The summed E-state index contributed by atoms with van der Waals surface area (Å²) in [6.07, 6.45) is 5.35. The van der Waals surface area contributed by atoms with Gasteiger partial charge in [-0.1, -0.05) is 72.8 Å². The van der Waals surface area contributed by atoms with Crippen molar-refractivity contribution in [1.29, 1.82) is 0 Å². The molecular formula is C28H26O2. The van der Waals surface area contributed by atoms with Crippen LogP contribution in [0.15, 0.2) is 98.1 Å². The van der Waals surface area contributed by atoms with Gasteiger partial charge < -0.3 is 9.47 Å². The van der Waals surface area contributed by atoms with E-state index in [0.29, 0.717) is 13.2 Å². The highest BCUT2D eigenvalue weighted by Crippen LogP contribution is 2.45. The quantitative estimate of drug-likeness (QED) is 0.215. The Morgan fingerprint density at radius 2 is 1.00 bits per heavy atom. The zero-order chi connectivity index (χ0) is 20.8. The minimum Gasteiger partial charge on any atom is -0.493 e. The second kappa shape index (κ2) is 9.32. The smallest absolute Gasteiger partial charge is 0.127 e. The van der Waals surface area contributed by atoms with Gasteiger partial charge in [0.1, 0.15) is 11.5 Å². The van der Waals surface area contributed by atoms with Crippen molar-refractivity contribution < 1.29 is 9.47 Å². The highest BCUT2D eigenvalue weighted by molar-refractivity contribution is 6.09. The number of rotatable bonds is 9. The fraction of sp³-hybridized carbons (Fsp3) is 0.143. The van der Waals surface area contributed by atoms with Gasteiger partial charge in [-0.3, -0.25) is 0 Å². The fourth-order valence-corrected chi connectivity index (χ4v) is 3.76. The third-order valence-electron chi connectivity index (χ3n) is 5.19. The van der Waals surface area contributed by atoms with Gasteiger partial charge in [0.15, 0.2) is 0 Å². The van der Waals surface area contributed by atoms with Crippen LogP contribution in [0.2, 0.25) is 0 Å². The average Bonchev–Trinajstić information content (AvgIpc) is 2.79. The molecule has 4 aromatic carbocycles. The molecular weight excluding hydrogens is 368 g/mol. The van der Waals surface area contributed by atoms with Gasteiger partial charge in [0.25, 0.3) is 0 Å². The molecule has 0 unspecified atom stereocenters. The van der Waals surface area contributed by atoms with Crippen LogP contribution in [0, 0.1) is 0 Å². The number of hydrogen-bond donors (Lipinski definition) is 0. The van der Waals surface area contributed by atoms with Crippen molar-refractivity contribution in [3.8, 4) is 22.6 Å². The number of ether oxygens (including phenoxy) is 2. The molecule has 0 atom stereocenters. The van der Waals surface area contributed by atoms with E-state index < -0.39 is 0 Å². The zero-order valence-electron chi connectivity index (χ0n) is 17.1. The highest BCUT2D eigenvalue weighted by Gasteiger charge is 2.18. The molecule has 4 aromatic rings. The van der Waals surface area contributed by atoms with E-state index in [1.54, 1.807) is 0 Å². The summed E-state index contributed by atoms with van der Waals surface area (Å²) in [6, 6.07) is 25.2. The highest BCUT2D eigenvalue weighted by atomic mass is 16.5. The Morgan fingerprint density at radius 1 is 0.567 bits per heavy atom. The Labute approximate surface area is 178 Å². The molecule has 0 bridgehead atoms. The van der Waals surface area contributed by atoms with Crippen LogP contribution in [-0.4, -0.2) is 13.2 Å². The van der Waals surface area contributed by atoms with Crippen molar-refractivity contribution in [2.24, 2.45) is 0 Å². The first-order valence-electron chi connectivity index (χ1n) is 10.3. The van der Waals surface area contributed by atoms with Crippen molar-refractivity contribution >= 4 is 21.5 Å². The summed E-state index contributed by atoms with van der Waals surface area (Å²) in [5.74, 6) is 1.72. The van der Waals surface area contributed by atoms with E-state index in [2.05, 4.69) is 86.0 Å². The minimum absolute atomic E-state index is 0.590. The van der Waals surface area contributed by atoms with Crippen LogP contribution >= 0.6 is 0 Å². The van der Waals surface area contributed by atoms with E-state index in [9.17, 15) is 0 Å². The number of fused-ring (bicyclic) bond motifs is 2. The number of hydrogen-bond acceptors (Lipinski definition) is 2. The van der Waals surface area contributed by atoms with Gasteiger partial charge in [-0.2, -0.15) is 0 Å². The predicted octanol–water partition coefficient (Wildman–Crippen LogP) is 7.57. The summed E-state index contributed by atoms with van der Waals surface area (Å²) in [5.41, 5.74) is 2.14. The largest absolute Gasteiger partial charge is 0.493 e. The topological polar surface area (TPSA) is 18.5 Å².